The quantitative estimate of drug-likeness (QED) is 0.785. The average molecular weight is 318 g/mol. The Labute approximate surface area is 140 Å². The highest BCUT2D eigenvalue weighted by Crippen LogP contribution is 2.13. The fourth-order valence-corrected chi connectivity index (χ4v) is 2.71. The van der Waals surface area contributed by atoms with Crippen molar-refractivity contribution in [1.82, 2.24) is 14.9 Å². The highest BCUT2D eigenvalue weighted by molar-refractivity contribution is 5.77. The SMILES string of the molecule is CCN(Cc1nc2ccccc2c(=O)[nH]1)Cc1ccccc1C#N. The lowest BCUT2D eigenvalue weighted by Crippen LogP contribution is -2.25. The molecular weight excluding hydrogens is 300 g/mol. The van der Waals surface area contributed by atoms with Crippen LogP contribution in [0.25, 0.3) is 10.9 Å². The number of para-hydroxylation sites is 1. The maximum Gasteiger partial charge on any atom is 0.258 e. The summed E-state index contributed by atoms with van der Waals surface area (Å²) in [5.41, 5.74) is 2.23. The summed E-state index contributed by atoms with van der Waals surface area (Å²) in [5.74, 6) is 0.634. The standard InChI is InChI=1S/C19H18N4O/c1-2-23(12-15-8-4-3-7-14(15)11-20)13-18-21-17-10-6-5-9-16(17)19(24)22-18/h3-10H,2,12-13H2,1H3,(H,21,22,24). The van der Waals surface area contributed by atoms with Crippen LogP contribution in [0.1, 0.15) is 23.9 Å². The number of rotatable bonds is 5. The van der Waals surface area contributed by atoms with Gasteiger partial charge in [-0.3, -0.25) is 9.69 Å². The molecule has 0 atom stereocenters. The zero-order chi connectivity index (χ0) is 16.9. The molecule has 3 rings (SSSR count). The number of aromatic amines is 1. The third-order valence-electron chi connectivity index (χ3n) is 4.01. The third-order valence-corrected chi connectivity index (χ3v) is 4.01. The van der Waals surface area contributed by atoms with Crippen molar-refractivity contribution >= 4 is 10.9 Å². The number of benzene rings is 2. The van der Waals surface area contributed by atoms with Gasteiger partial charge in [-0.1, -0.05) is 37.3 Å². The maximum atomic E-state index is 12.2. The second-order valence-corrected chi connectivity index (χ2v) is 5.60. The molecule has 0 aliphatic carbocycles. The van der Waals surface area contributed by atoms with Gasteiger partial charge >= 0.3 is 0 Å². The summed E-state index contributed by atoms with van der Waals surface area (Å²) < 4.78 is 0. The highest BCUT2D eigenvalue weighted by atomic mass is 16.1. The van der Waals surface area contributed by atoms with Gasteiger partial charge in [-0.2, -0.15) is 5.26 Å². The zero-order valence-corrected chi connectivity index (χ0v) is 13.5. The molecule has 5 nitrogen and oxygen atoms in total. The Morgan fingerprint density at radius 2 is 1.88 bits per heavy atom. The fourth-order valence-electron chi connectivity index (χ4n) is 2.71. The number of H-pyrrole nitrogens is 1. The second kappa shape index (κ2) is 7.07. The number of nitriles is 1. The molecule has 0 amide bonds. The molecule has 0 radical (unpaired) electrons. The predicted molar refractivity (Wildman–Crippen MR) is 93.3 cm³/mol. The predicted octanol–water partition coefficient (Wildman–Crippen LogP) is 2.82. The van der Waals surface area contributed by atoms with Crippen molar-refractivity contribution in [2.75, 3.05) is 6.54 Å². The maximum absolute atomic E-state index is 12.2. The third kappa shape index (κ3) is 3.34. The van der Waals surface area contributed by atoms with Crippen LogP contribution in [0.3, 0.4) is 0 Å². The monoisotopic (exact) mass is 318 g/mol. The molecule has 0 fully saturated rings. The molecule has 0 aliphatic rings. The van der Waals surface area contributed by atoms with E-state index in [0.717, 1.165) is 12.1 Å². The topological polar surface area (TPSA) is 72.8 Å². The zero-order valence-electron chi connectivity index (χ0n) is 13.5. The van der Waals surface area contributed by atoms with Crippen LogP contribution in [0.2, 0.25) is 0 Å². The van der Waals surface area contributed by atoms with Crippen molar-refractivity contribution in [3.63, 3.8) is 0 Å². The Morgan fingerprint density at radius 3 is 2.67 bits per heavy atom. The fraction of sp³-hybridized carbons (Fsp3) is 0.211. The molecule has 0 bridgehead atoms. The molecule has 2 aromatic carbocycles. The van der Waals surface area contributed by atoms with Gasteiger partial charge in [0.05, 0.1) is 29.1 Å². The minimum Gasteiger partial charge on any atom is -0.309 e. The van der Waals surface area contributed by atoms with E-state index in [4.69, 9.17) is 0 Å². The van der Waals surface area contributed by atoms with E-state index in [-0.39, 0.29) is 5.56 Å². The van der Waals surface area contributed by atoms with Crippen LogP contribution < -0.4 is 5.56 Å². The molecule has 3 aromatic rings. The molecule has 1 heterocycles. The van der Waals surface area contributed by atoms with E-state index in [1.54, 1.807) is 6.07 Å². The van der Waals surface area contributed by atoms with Crippen LogP contribution >= 0.6 is 0 Å². The van der Waals surface area contributed by atoms with E-state index < -0.39 is 0 Å². The van der Waals surface area contributed by atoms with E-state index in [1.807, 2.05) is 49.4 Å². The Balaban J connectivity index is 1.86. The Hall–Kier alpha value is -2.97. The van der Waals surface area contributed by atoms with Crippen molar-refractivity contribution in [1.29, 1.82) is 5.26 Å². The van der Waals surface area contributed by atoms with Gasteiger partial charge in [0.1, 0.15) is 5.82 Å². The number of hydrogen-bond donors (Lipinski definition) is 1. The first-order chi connectivity index (χ1) is 11.7. The number of hydrogen-bond acceptors (Lipinski definition) is 4. The van der Waals surface area contributed by atoms with Gasteiger partial charge in [0.15, 0.2) is 0 Å². The normalized spacial score (nSPS) is 10.9. The first-order valence-corrected chi connectivity index (χ1v) is 7.89. The van der Waals surface area contributed by atoms with E-state index in [2.05, 4.69) is 20.9 Å². The summed E-state index contributed by atoms with van der Waals surface area (Å²) in [6, 6.07) is 17.1. The first-order valence-electron chi connectivity index (χ1n) is 7.89. The number of nitrogens with zero attached hydrogens (tertiary/aromatic N) is 3. The van der Waals surface area contributed by atoms with Crippen molar-refractivity contribution < 1.29 is 0 Å². The Morgan fingerprint density at radius 1 is 1.12 bits per heavy atom. The molecule has 0 spiro atoms. The van der Waals surface area contributed by atoms with Crippen LogP contribution in [0.5, 0.6) is 0 Å². The van der Waals surface area contributed by atoms with Gasteiger partial charge in [-0.05, 0) is 30.3 Å². The lowest BCUT2D eigenvalue weighted by atomic mass is 10.1. The van der Waals surface area contributed by atoms with E-state index in [0.29, 0.717) is 35.4 Å². The van der Waals surface area contributed by atoms with Crippen molar-refractivity contribution in [3.8, 4) is 6.07 Å². The van der Waals surface area contributed by atoms with Crippen molar-refractivity contribution in [3.05, 3.63) is 75.8 Å². The molecule has 120 valence electrons. The van der Waals surface area contributed by atoms with Gasteiger partial charge in [0, 0.05) is 6.54 Å². The lowest BCUT2D eigenvalue weighted by Gasteiger charge is -2.20. The van der Waals surface area contributed by atoms with Crippen LogP contribution in [-0.2, 0) is 13.1 Å². The van der Waals surface area contributed by atoms with E-state index in [9.17, 15) is 10.1 Å². The minimum absolute atomic E-state index is 0.121. The molecule has 0 saturated heterocycles. The number of aromatic nitrogens is 2. The first kappa shape index (κ1) is 15.9. The summed E-state index contributed by atoms with van der Waals surface area (Å²) in [6.07, 6.45) is 0. The van der Waals surface area contributed by atoms with Gasteiger partial charge in [-0.15, -0.1) is 0 Å². The van der Waals surface area contributed by atoms with Crippen molar-refractivity contribution in [2.24, 2.45) is 0 Å². The summed E-state index contributed by atoms with van der Waals surface area (Å²) >= 11 is 0. The van der Waals surface area contributed by atoms with Gasteiger partial charge in [0.2, 0.25) is 0 Å². The van der Waals surface area contributed by atoms with E-state index in [1.165, 1.54) is 0 Å². The molecule has 0 unspecified atom stereocenters. The van der Waals surface area contributed by atoms with Gasteiger partial charge < -0.3 is 4.98 Å². The van der Waals surface area contributed by atoms with Crippen LogP contribution in [0.15, 0.2) is 53.3 Å². The van der Waals surface area contributed by atoms with E-state index >= 15 is 0 Å². The van der Waals surface area contributed by atoms with Crippen LogP contribution in [0.4, 0.5) is 0 Å². The summed E-state index contributed by atoms with van der Waals surface area (Å²) in [6.45, 7) is 4.00. The largest absolute Gasteiger partial charge is 0.309 e. The molecule has 24 heavy (non-hydrogen) atoms. The molecule has 5 heteroatoms. The highest BCUT2D eigenvalue weighted by Gasteiger charge is 2.11. The van der Waals surface area contributed by atoms with Gasteiger partial charge in [-0.25, -0.2) is 4.98 Å². The smallest absolute Gasteiger partial charge is 0.258 e. The number of fused-ring (bicyclic) bond motifs is 1. The molecule has 1 aromatic heterocycles. The summed E-state index contributed by atoms with van der Waals surface area (Å²) in [4.78, 5) is 21.7. The Bertz CT molecular complexity index is 955. The average Bonchev–Trinajstić information content (AvgIpc) is 2.61. The molecule has 0 aliphatic heterocycles. The molecular formula is C19H18N4O. The lowest BCUT2D eigenvalue weighted by molar-refractivity contribution is 0.264. The Kier molecular flexibility index (Phi) is 4.69. The second-order valence-electron chi connectivity index (χ2n) is 5.60. The summed E-state index contributed by atoms with van der Waals surface area (Å²) in [7, 11) is 0. The van der Waals surface area contributed by atoms with Crippen LogP contribution in [-0.4, -0.2) is 21.4 Å². The van der Waals surface area contributed by atoms with Crippen LogP contribution in [0, 0.1) is 11.3 Å². The van der Waals surface area contributed by atoms with Crippen molar-refractivity contribution in [2.45, 2.75) is 20.0 Å². The molecule has 1 N–H and O–H groups in total. The minimum atomic E-state index is -0.121. The number of nitrogens with one attached hydrogen (secondary N) is 1. The summed E-state index contributed by atoms with van der Waals surface area (Å²) in [5, 5.41) is 9.82. The molecule has 0 saturated carbocycles. The van der Waals surface area contributed by atoms with Gasteiger partial charge in [0.25, 0.3) is 5.56 Å².